The van der Waals surface area contributed by atoms with E-state index in [0.29, 0.717) is 0 Å². The molecule has 3 rings (SSSR count). The lowest BCUT2D eigenvalue weighted by Gasteiger charge is -2.06. The summed E-state index contributed by atoms with van der Waals surface area (Å²) in [5.74, 6) is 0. The molecule has 0 bridgehead atoms. The van der Waals surface area contributed by atoms with Crippen molar-refractivity contribution in [2.24, 2.45) is 14.1 Å². The maximum absolute atomic E-state index is 12.8. The van der Waals surface area contributed by atoms with Gasteiger partial charge in [0.05, 0.1) is 11.1 Å². The zero-order chi connectivity index (χ0) is 17.8. The van der Waals surface area contributed by atoms with E-state index in [1.165, 1.54) is 26.2 Å². The molecule has 0 N–H and O–H groups in total. The summed E-state index contributed by atoms with van der Waals surface area (Å²) in [4.78, 5) is 24.2. The van der Waals surface area contributed by atoms with Crippen molar-refractivity contribution in [2.45, 2.75) is 18.7 Å². The summed E-state index contributed by atoms with van der Waals surface area (Å²) in [6.45, 7) is 3.59. The number of aromatic nitrogens is 4. The molecule has 0 spiro atoms. The summed E-state index contributed by atoms with van der Waals surface area (Å²) < 4.78 is 28.4. The van der Waals surface area contributed by atoms with E-state index >= 15 is 0 Å². The monoisotopic (exact) mass is 348 g/mol. The third kappa shape index (κ3) is 2.28. The topological polar surface area (TPSA) is 96.0 Å². The zero-order valence-corrected chi connectivity index (χ0v) is 14.5. The van der Waals surface area contributed by atoms with Crippen LogP contribution in [-0.2, 0) is 24.1 Å². The quantitative estimate of drug-likeness (QED) is 0.663. The highest BCUT2D eigenvalue weighted by Crippen LogP contribution is 2.18. The molecule has 126 valence electrons. The molecule has 0 radical (unpaired) electrons. The largest absolute Gasteiger partial charge is 0.332 e. The summed E-state index contributed by atoms with van der Waals surface area (Å²) in [6, 6.07) is 4.93. The molecule has 0 unspecified atom stereocenters. The van der Waals surface area contributed by atoms with E-state index in [0.717, 1.165) is 30.5 Å². The molecule has 0 amide bonds. The molecule has 9 heteroatoms. The van der Waals surface area contributed by atoms with Gasteiger partial charge in [0.25, 0.3) is 15.6 Å². The lowest BCUT2D eigenvalue weighted by atomic mass is 10.2. The van der Waals surface area contributed by atoms with Crippen molar-refractivity contribution in [3.05, 3.63) is 56.4 Å². The van der Waals surface area contributed by atoms with Crippen molar-refractivity contribution in [1.29, 1.82) is 0 Å². The Morgan fingerprint density at radius 3 is 2.12 bits per heavy atom. The van der Waals surface area contributed by atoms with Gasteiger partial charge in [0.15, 0.2) is 5.65 Å². The van der Waals surface area contributed by atoms with E-state index in [1.807, 2.05) is 6.07 Å². The molecule has 2 aromatic heterocycles. The molecule has 0 aliphatic carbocycles. The maximum atomic E-state index is 12.8. The predicted molar refractivity (Wildman–Crippen MR) is 88.7 cm³/mol. The number of rotatable bonds is 2. The fraction of sp³-hybridized carbons (Fsp3) is 0.267. The fourth-order valence-electron chi connectivity index (χ4n) is 2.64. The SMILES string of the molecule is Cc1cc(C)cc(S(=O)(=O)n2cc3c(=O)n(C)c(=O)n(C)c3n2)c1. The van der Waals surface area contributed by atoms with Gasteiger partial charge in [-0.3, -0.25) is 13.9 Å². The summed E-state index contributed by atoms with van der Waals surface area (Å²) in [7, 11) is -1.19. The van der Waals surface area contributed by atoms with Crippen LogP contribution in [0, 0.1) is 13.8 Å². The van der Waals surface area contributed by atoms with Crippen LogP contribution in [0.5, 0.6) is 0 Å². The van der Waals surface area contributed by atoms with Crippen LogP contribution >= 0.6 is 0 Å². The van der Waals surface area contributed by atoms with E-state index in [4.69, 9.17) is 0 Å². The van der Waals surface area contributed by atoms with E-state index < -0.39 is 21.3 Å². The van der Waals surface area contributed by atoms with E-state index in [-0.39, 0.29) is 15.9 Å². The van der Waals surface area contributed by atoms with Crippen molar-refractivity contribution in [2.75, 3.05) is 0 Å². The molecule has 2 heterocycles. The second-order valence-electron chi connectivity index (χ2n) is 5.77. The van der Waals surface area contributed by atoms with Crippen LogP contribution in [0.1, 0.15) is 11.1 Å². The smallest absolute Gasteiger partial charge is 0.279 e. The third-order valence-electron chi connectivity index (χ3n) is 3.84. The van der Waals surface area contributed by atoms with Crippen LogP contribution < -0.4 is 11.2 Å². The molecule has 3 aromatic rings. The lowest BCUT2D eigenvalue weighted by Crippen LogP contribution is -2.36. The Bertz CT molecular complexity index is 1180. The molecule has 0 saturated carbocycles. The number of aryl methyl sites for hydroxylation is 3. The minimum Gasteiger partial charge on any atom is -0.279 e. The van der Waals surface area contributed by atoms with Gasteiger partial charge < -0.3 is 0 Å². The summed E-state index contributed by atoms with van der Waals surface area (Å²) >= 11 is 0. The average molecular weight is 348 g/mol. The Morgan fingerprint density at radius 1 is 0.958 bits per heavy atom. The van der Waals surface area contributed by atoms with Crippen molar-refractivity contribution >= 4 is 21.1 Å². The second kappa shape index (κ2) is 5.17. The molecule has 8 nitrogen and oxygen atoms in total. The Hall–Kier alpha value is -2.68. The van der Waals surface area contributed by atoms with Crippen LogP contribution in [0.4, 0.5) is 0 Å². The third-order valence-corrected chi connectivity index (χ3v) is 5.35. The van der Waals surface area contributed by atoms with E-state index in [9.17, 15) is 18.0 Å². The molecule has 0 aliphatic heterocycles. The fourth-order valence-corrected chi connectivity index (χ4v) is 3.95. The van der Waals surface area contributed by atoms with Crippen LogP contribution in [0.2, 0.25) is 0 Å². The Balaban J connectivity index is 2.34. The van der Waals surface area contributed by atoms with Gasteiger partial charge in [0, 0.05) is 14.1 Å². The normalized spacial score (nSPS) is 12.0. The number of benzene rings is 1. The molecule has 0 fully saturated rings. The van der Waals surface area contributed by atoms with Gasteiger partial charge in [0.1, 0.15) is 5.39 Å². The highest BCUT2D eigenvalue weighted by Gasteiger charge is 2.22. The molecule has 0 atom stereocenters. The minimum atomic E-state index is -3.96. The maximum Gasteiger partial charge on any atom is 0.332 e. The van der Waals surface area contributed by atoms with Crippen molar-refractivity contribution < 1.29 is 8.42 Å². The molecule has 1 aromatic carbocycles. The number of nitrogens with zero attached hydrogens (tertiary/aromatic N) is 4. The second-order valence-corrected chi connectivity index (χ2v) is 7.57. The van der Waals surface area contributed by atoms with Gasteiger partial charge in [-0.15, -0.1) is 5.10 Å². The van der Waals surface area contributed by atoms with Crippen molar-refractivity contribution in [3.8, 4) is 0 Å². The predicted octanol–water partition coefficient (Wildman–Crippen LogP) is 0.288. The molecular weight excluding hydrogens is 332 g/mol. The summed E-state index contributed by atoms with van der Waals surface area (Å²) in [5, 5.41) is 4.02. The minimum absolute atomic E-state index is 0.0241. The first kappa shape index (κ1) is 16.2. The highest BCUT2D eigenvalue weighted by atomic mass is 32.2. The standard InChI is InChI=1S/C15H16N4O4S/c1-9-5-10(2)7-11(6-9)24(22,23)19-8-12-13(16-19)17(3)15(21)18(4)14(12)20/h5-8H,1-4H3. The number of hydrogen-bond acceptors (Lipinski definition) is 5. The van der Waals surface area contributed by atoms with Gasteiger partial charge in [-0.2, -0.15) is 12.5 Å². The van der Waals surface area contributed by atoms with Gasteiger partial charge in [-0.25, -0.2) is 4.79 Å². The van der Waals surface area contributed by atoms with Gasteiger partial charge in [-0.1, -0.05) is 6.07 Å². The molecule has 0 aliphatic rings. The zero-order valence-electron chi connectivity index (χ0n) is 13.6. The number of hydrogen-bond donors (Lipinski definition) is 0. The van der Waals surface area contributed by atoms with Crippen LogP contribution in [0.3, 0.4) is 0 Å². The van der Waals surface area contributed by atoms with Gasteiger partial charge in [-0.05, 0) is 37.1 Å². The van der Waals surface area contributed by atoms with Gasteiger partial charge in [0.2, 0.25) is 0 Å². The molecular formula is C15H16N4O4S. The first-order valence-electron chi connectivity index (χ1n) is 7.12. The van der Waals surface area contributed by atoms with E-state index in [1.54, 1.807) is 13.8 Å². The van der Waals surface area contributed by atoms with Crippen LogP contribution in [0.25, 0.3) is 11.0 Å². The Morgan fingerprint density at radius 2 is 1.54 bits per heavy atom. The lowest BCUT2D eigenvalue weighted by molar-refractivity contribution is 0.580. The van der Waals surface area contributed by atoms with Crippen molar-refractivity contribution in [3.63, 3.8) is 0 Å². The summed E-state index contributed by atoms with van der Waals surface area (Å²) in [6.07, 6.45) is 1.14. The molecule has 24 heavy (non-hydrogen) atoms. The van der Waals surface area contributed by atoms with Crippen LogP contribution in [0.15, 0.2) is 38.9 Å². The van der Waals surface area contributed by atoms with Gasteiger partial charge >= 0.3 is 5.69 Å². The first-order valence-corrected chi connectivity index (χ1v) is 8.56. The average Bonchev–Trinajstić information content (AvgIpc) is 2.96. The summed E-state index contributed by atoms with van der Waals surface area (Å²) in [5.41, 5.74) is 0.467. The van der Waals surface area contributed by atoms with Crippen molar-refractivity contribution in [1.82, 2.24) is 18.3 Å². The van der Waals surface area contributed by atoms with E-state index in [2.05, 4.69) is 5.10 Å². The number of fused-ring (bicyclic) bond motifs is 1. The first-order chi connectivity index (χ1) is 11.1. The molecule has 0 saturated heterocycles. The Labute approximate surface area is 137 Å². The van der Waals surface area contributed by atoms with Crippen LogP contribution in [-0.4, -0.2) is 26.7 Å². The highest BCUT2D eigenvalue weighted by molar-refractivity contribution is 7.89. The Kier molecular flexibility index (Phi) is 3.48.